The highest BCUT2D eigenvalue weighted by Gasteiger charge is 2.02. The van der Waals surface area contributed by atoms with E-state index in [1.165, 1.54) is 0 Å². The third-order valence-electron chi connectivity index (χ3n) is 2.13. The van der Waals surface area contributed by atoms with Crippen molar-refractivity contribution in [1.82, 2.24) is 0 Å². The maximum absolute atomic E-state index is 10.4. The summed E-state index contributed by atoms with van der Waals surface area (Å²) in [4.78, 5) is 20.8. The van der Waals surface area contributed by atoms with Gasteiger partial charge in [-0.15, -0.1) is 0 Å². The van der Waals surface area contributed by atoms with E-state index in [9.17, 15) is 9.59 Å². The Bertz CT molecular complexity index is 351. The number of aryl methyl sites for hydroxylation is 2. The van der Waals surface area contributed by atoms with Crippen molar-refractivity contribution >= 4 is 11.9 Å². The van der Waals surface area contributed by atoms with E-state index in [1.807, 2.05) is 0 Å². The van der Waals surface area contributed by atoms with Gasteiger partial charge in [-0.1, -0.05) is 18.2 Å². The molecule has 0 bridgehead atoms. The van der Waals surface area contributed by atoms with Gasteiger partial charge in [-0.25, -0.2) is 0 Å². The molecule has 0 unspecified atom stereocenters. The molecule has 2 N–H and O–H groups in total. The molecule has 85 valence electrons. The van der Waals surface area contributed by atoms with E-state index in [1.54, 1.807) is 18.2 Å². The summed E-state index contributed by atoms with van der Waals surface area (Å²) in [6.07, 6.45) is 0.990. The second-order valence-electron chi connectivity index (χ2n) is 3.49. The maximum Gasteiger partial charge on any atom is 0.303 e. The monoisotopic (exact) mass is 221 g/mol. The van der Waals surface area contributed by atoms with Crippen molar-refractivity contribution in [3.63, 3.8) is 0 Å². The molecule has 1 rings (SSSR count). The summed E-state index contributed by atoms with van der Waals surface area (Å²) in [6.45, 7) is 0. The van der Waals surface area contributed by atoms with Crippen LogP contribution in [0.25, 0.3) is 0 Å². The Morgan fingerprint density at radius 3 is 1.81 bits per heavy atom. The zero-order valence-corrected chi connectivity index (χ0v) is 8.77. The lowest BCUT2D eigenvalue weighted by Crippen LogP contribution is -2.00. The van der Waals surface area contributed by atoms with Gasteiger partial charge in [0, 0.05) is 12.8 Å². The van der Waals surface area contributed by atoms with Crippen molar-refractivity contribution in [1.29, 1.82) is 0 Å². The number of rotatable bonds is 6. The van der Waals surface area contributed by atoms with Gasteiger partial charge in [0.15, 0.2) is 0 Å². The molecule has 16 heavy (non-hydrogen) atoms. The van der Waals surface area contributed by atoms with Crippen LogP contribution in [0.1, 0.15) is 24.0 Å². The summed E-state index contributed by atoms with van der Waals surface area (Å²) in [6, 6.07) is 8.42. The highest BCUT2D eigenvalue weighted by atomic mass is 16.4. The average Bonchev–Trinajstić information content (AvgIpc) is 2.24. The summed E-state index contributed by atoms with van der Waals surface area (Å²) in [5, 5.41) is 17.1. The fourth-order valence-electron chi connectivity index (χ4n) is 1.34. The van der Waals surface area contributed by atoms with Crippen LogP contribution < -0.4 is 0 Å². The minimum atomic E-state index is -0.843. The first-order valence-corrected chi connectivity index (χ1v) is 5.01. The van der Waals surface area contributed by atoms with Crippen molar-refractivity contribution in [2.24, 2.45) is 0 Å². The summed E-state index contributed by atoms with van der Waals surface area (Å²) < 4.78 is 0. The second kappa shape index (κ2) is 5.90. The van der Waals surface area contributed by atoms with Gasteiger partial charge in [0.1, 0.15) is 0 Å². The third kappa shape index (κ3) is 4.59. The standard InChI is InChI=1S/C12H13O4/c13-11(14)6-4-9-2-1-3-10(8-9)5-7-12(15)16/h1-3H,4-7H2,(H,13,14)(H,15,16). The van der Waals surface area contributed by atoms with Crippen molar-refractivity contribution in [3.05, 3.63) is 35.4 Å². The predicted molar refractivity (Wildman–Crippen MR) is 57.2 cm³/mol. The van der Waals surface area contributed by atoms with E-state index in [2.05, 4.69) is 6.07 Å². The minimum Gasteiger partial charge on any atom is -0.481 e. The molecule has 0 saturated heterocycles. The van der Waals surface area contributed by atoms with Crippen LogP contribution in [0.2, 0.25) is 0 Å². The largest absolute Gasteiger partial charge is 0.481 e. The summed E-state index contributed by atoms with van der Waals surface area (Å²) in [5.74, 6) is -1.69. The van der Waals surface area contributed by atoms with E-state index >= 15 is 0 Å². The van der Waals surface area contributed by atoms with Crippen LogP contribution in [0.15, 0.2) is 18.2 Å². The minimum absolute atomic E-state index is 0.0683. The maximum atomic E-state index is 10.4. The molecule has 0 fully saturated rings. The molecule has 0 amide bonds. The molecule has 0 saturated carbocycles. The SMILES string of the molecule is O=C(O)CCc1[c]c(CCC(=O)O)ccc1. The van der Waals surface area contributed by atoms with Crippen LogP contribution in [0, 0.1) is 6.07 Å². The van der Waals surface area contributed by atoms with Gasteiger partial charge < -0.3 is 10.2 Å². The summed E-state index contributed by atoms with van der Waals surface area (Å²) in [7, 11) is 0. The molecule has 0 atom stereocenters. The fraction of sp³-hybridized carbons (Fsp3) is 0.333. The number of hydrogen-bond acceptors (Lipinski definition) is 2. The Morgan fingerprint density at radius 2 is 1.44 bits per heavy atom. The number of benzene rings is 1. The van der Waals surface area contributed by atoms with Crippen molar-refractivity contribution in [3.8, 4) is 0 Å². The molecule has 4 heteroatoms. The van der Waals surface area contributed by atoms with E-state index in [4.69, 9.17) is 10.2 Å². The topological polar surface area (TPSA) is 74.6 Å². The Hall–Kier alpha value is -1.84. The lowest BCUT2D eigenvalue weighted by molar-refractivity contribution is -0.137. The van der Waals surface area contributed by atoms with Gasteiger partial charge >= 0.3 is 11.9 Å². The Balaban J connectivity index is 2.56. The Morgan fingerprint density at radius 1 is 1.00 bits per heavy atom. The number of carbonyl (C=O) groups is 2. The number of carboxylic acids is 2. The van der Waals surface area contributed by atoms with Gasteiger partial charge in [-0.05, 0) is 30.0 Å². The molecule has 0 aliphatic rings. The average molecular weight is 221 g/mol. The summed E-state index contributed by atoms with van der Waals surface area (Å²) in [5.41, 5.74) is 1.62. The fourth-order valence-corrected chi connectivity index (χ4v) is 1.34. The molecule has 0 spiro atoms. The first-order valence-electron chi connectivity index (χ1n) is 5.01. The lowest BCUT2D eigenvalue weighted by atomic mass is 10.0. The van der Waals surface area contributed by atoms with Crippen LogP contribution in [-0.2, 0) is 22.4 Å². The third-order valence-corrected chi connectivity index (χ3v) is 2.13. The van der Waals surface area contributed by atoms with Crippen LogP contribution in [0.4, 0.5) is 0 Å². The molecular formula is C12H13O4. The molecule has 4 nitrogen and oxygen atoms in total. The number of hydrogen-bond donors (Lipinski definition) is 2. The first kappa shape index (κ1) is 12.2. The molecule has 0 aliphatic heterocycles. The molecule has 1 aromatic rings. The van der Waals surface area contributed by atoms with Crippen LogP contribution in [0.5, 0.6) is 0 Å². The zero-order valence-electron chi connectivity index (χ0n) is 8.77. The van der Waals surface area contributed by atoms with Gasteiger partial charge in [0.05, 0.1) is 0 Å². The second-order valence-corrected chi connectivity index (χ2v) is 3.49. The zero-order chi connectivity index (χ0) is 12.0. The molecule has 1 aromatic carbocycles. The smallest absolute Gasteiger partial charge is 0.303 e. The molecule has 1 radical (unpaired) electrons. The van der Waals surface area contributed by atoms with Crippen LogP contribution in [0.3, 0.4) is 0 Å². The van der Waals surface area contributed by atoms with Gasteiger partial charge in [0.2, 0.25) is 0 Å². The highest BCUT2D eigenvalue weighted by Crippen LogP contribution is 2.08. The normalized spacial score (nSPS) is 10.0. The van der Waals surface area contributed by atoms with E-state index in [-0.39, 0.29) is 12.8 Å². The predicted octanol–water partition coefficient (Wildman–Crippen LogP) is 1.52. The van der Waals surface area contributed by atoms with Crippen molar-refractivity contribution < 1.29 is 19.8 Å². The molecule has 0 heterocycles. The van der Waals surface area contributed by atoms with Crippen molar-refractivity contribution in [2.75, 3.05) is 0 Å². The van der Waals surface area contributed by atoms with Gasteiger partial charge in [-0.3, -0.25) is 9.59 Å². The van der Waals surface area contributed by atoms with Gasteiger partial charge in [0.25, 0.3) is 0 Å². The van der Waals surface area contributed by atoms with E-state index in [0.29, 0.717) is 12.8 Å². The van der Waals surface area contributed by atoms with Crippen molar-refractivity contribution in [2.45, 2.75) is 25.7 Å². The molecule has 0 aromatic heterocycles. The van der Waals surface area contributed by atoms with E-state index in [0.717, 1.165) is 11.1 Å². The number of aliphatic carboxylic acids is 2. The van der Waals surface area contributed by atoms with Gasteiger partial charge in [-0.2, -0.15) is 0 Å². The quantitative estimate of drug-likeness (QED) is 0.763. The van der Waals surface area contributed by atoms with Crippen LogP contribution in [-0.4, -0.2) is 22.2 Å². The number of carboxylic acid groups (broad SMARTS) is 2. The Labute approximate surface area is 93.5 Å². The highest BCUT2D eigenvalue weighted by molar-refractivity contribution is 5.67. The molecule has 0 aliphatic carbocycles. The molecular weight excluding hydrogens is 208 g/mol. The first-order chi connectivity index (χ1) is 7.58. The Kier molecular flexibility index (Phi) is 4.51. The van der Waals surface area contributed by atoms with E-state index < -0.39 is 11.9 Å². The lowest BCUT2D eigenvalue weighted by Gasteiger charge is -2.02. The van der Waals surface area contributed by atoms with Crippen LogP contribution >= 0.6 is 0 Å². The summed E-state index contributed by atoms with van der Waals surface area (Å²) >= 11 is 0.